The van der Waals surface area contributed by atoms with Crippen molar-refractivity contribution < 1.29 is 57.0 Å². The van der Waals surface area contributed by atoms with Crippen LogP contribution in [-0.4, -0.2) is 166 Å². The lowest BCUT2D eigenvalue weighted by molar-refractivity contribution is -0.133. The van der Waals surface area contributed by atoms with Crippen LogP contribution in [0.2, 0.25) is 0 Å². The number of nitrogens with one attached hydrogen (secondary N) is 1. The third-order valence-electron chi connectivity index (χ3n) is 9.79. The van der Waals surface area contributed by atoms with Gasteiger partial charge in [0.1, 0.15) is 23.4 Å². The van der Waals surface area contributed by atoms with Crippen LogP contribution in [-0.2, 0) is 62.2 Å². The van der Waals surface area contributed by atoms with Crippen LogP contribution >= 0.6 is 0 Å². The molecule has 5 aromatic rings. The Bertz CT molecular complexity index is 2190. The van der Waals surface area contributed by atoms with E-state index in [0.717, 1.165) is 23.1 Å². The van der Waals surface area contributed by atoms with Crippen LogP contribution in [0.4, 0.5) is 16.6 Å². The second-order valence-electron chi connectivity index (χ2n) is 14.2. The number of carbonyl (C=O) groups is 2. The molecule has 2 aromatic carbocycles. The highest BCUT2D eigenvalue weighted by Crippen LogP contribution is 2.33. The van der Waals surface area contributed by atoms with Gasteiger partial charge in [-0.05, 0) is 41.3 Å². The monoisotopic (exact) mass is 879 g/mol. The lowest BCUT2D eigenvalue weighted by atomic mass is 9.97. The number of hydrogen-bond acceptors (Lipinski definition) is 17. The Balaban J connectivity index is 0.757. The van der Waals surface area contributed by atoms with Crippen molar-refractivity contribution in [1.29, 1.82) is 0 Å². The Hall–Kier alpha value is -5.52. The molecule has 63 heavy (non-hydrogen) atoms. The first-order valence-corrected chi connectivity index (χ1v) is 21.0. The molecule has 4 heterocycles. The van der Waals surface area contributed by atoms with E-state index in [4.69, 9.17) is 64.0 Å². The summed E-state index contributed by atoms with van der Waals surface area (Å²) in [4.78, 5) is 38.2. The maximum Gasteiger partial charge on any atom is 0.404 e. The van der Waals surface area contributed by atoms with E-state index >= 15 is 0 Å². The molecule has 21 nitrogen and oxygen atoms in total. The average molecular weight is 880 g/mol. The number of nitrogen functional groups attached to an aromatic ring is 2. The number of carbonyl (C=O) groups excluding carboxylic acids is 1. The molecular weight excluding hydrogens is 823 g/mol. The first-order chi connectivity index (χ1) is 30.9. The quantitative estimate of drug-likeness (QED) is 0.0483. The van der Waals surface area contributed by atoms with Crippen molar-refractivity contribution in [3.8, 4) is 11.3 Å². The smallest absolute Gasteiger partial charge is 0.404 e. The van der Waals surface area contributed by atoms with E-state index in [1.54, 1.807) is 6.07 Å². The molecule has 21 heteroatoms. The molecule has 0 aliphatic carbocycles. The van der Waals surface area contributed by atoms with E-state index in [1.165, 1.54) is 11.9 Å². The number of rotatable bonds is 30. The highest BCUT2D eigenvalue weighted by molar-refractivity contribution is 5.99. The van der Waals surface area contributed by atoms with Crippen LogP contribution < -0.4 is 16.8 Å². The Morgan fingerprint density at radius 1 is 0.730 bits per heavy atom. The predicted molar refractivity (Wildman–Crippen MR) is 229 cm³/mol. The van der Waals surface area contributed by atoms with Gasteiger partial charge in [-0.1, -0.05) is 18.2 Å². The van der Waals surface area contributed by atoms with Gasteiger partial charge in [0.2, 0.25) is 5.91 Å². The zero-order chi connectivity index (χ0) is 44.1. The van der Waals surface area contributed by atoms with Gasteiger partial charge in [0.05, 0.1) is 124 Å². The molecule has 6 N–H and O–H groups in total. The maximum absolute atomic E-state index is 13.0. The summed E-state index contributed by atoms with van der Waals surface area (Å²) < 4.78 is 51.0. The Kier molecular flexibility index (Phi) is 19.1. The fourth-order valence-corrected chi connectivity index (χ4v) is 6.71. The van der Waals surface area contributed by atoms with Gasteiger partial charge in [0.25, 0.3) is 6.01 Å². The zero-order valence-electron chi connectivity index (χ0n) is 35.4. The lowest BCUT2D eigenvalue weighted by Crippen LogP contribution is -2.36. The molecule has 342 valence electrons. The fourth-order valence-electron chi connectivity index (χ4n) is 6.71. The lowest BCUT2D eigenvalue weighted by Gasteiger charge is -2.29. The number of benzene rings is 2. The van der Waals surface area contributed by atoms with Gasteiger partial charge in [-0.15, -0.1) is 0 Å². The summed E-state index contributed by atoms with van der Waals surface area (Å²) in [6.45, 7) is 8.65. The van der Waals surface area contributed by atoms with E-state index in [-0.39, 0.29) is 18.5 Å². The summed E-state index contributed by atoms with van der Waals surface area (Å²) in [7, 11) is 0. The predicted octanol–water partition coefficient (Wildman–Crippen LogP) is 2.52. The molecule has 0 atom stereocenters. The van der Waals surface area contributed by atoms with Gasteiger partial charge >= 0.3 is 6.09 Å². The van der Waals surface area contributed by atoms with Gasteiger partial charge in [-0.25, -0.2) is 19.4 Å². The Labute approximate surface area is 364 Å². The van der Waals surface area contributed by atoms with Gasteiger partial charge in [0.15, 0.2) is 11.2 Å². The molecule has 2 amide bonds. The number of ether oxygens (including phenoxy) is 8. The van der Waals surface area contributed by atoms with Gasteiger partial charge in [-0.3, -0.25) is 4.79 Å². The Morgan fingerprint density at radius 2 is 1.33 bits per heavy atom. The normalized spacial score (nSPS) is 12.7. The molecular formula is C42H57N9O12. The second-order valence-corrected chi connectivity index (χ2v) is 14.2. The average Bonchev–Trinajstić information content (AvgIpc) is 3.85. The minimum absolute atomic E-state index is 0.0602. The van der Waals surface area contributed by atoms with Crippen LogP contribution in [0, 0.1) is 0 Å². The molecule has 6 rings (SSSR count). The molecule has 0 bridgehead atoms. The first kappa shape index (κ1) is 47.0. The molecule has 0 fully saturated rings. The summed E-state index contributed by atoms with van der Waals surface area (Å²) in [5.41, 5.74) is 18.7. The SMILES string of the molecule is Nc1nc2cc(-c3nn(Cc4ccc5c(c4)CCN(C(=O)CCOCCOCCOCCOCCOCCOCCOCCOCCNC(=O)O)C5)c4ncnc(N)c34)ccc2o1. The number of amides is 2. The maximum atomic E-state index is 13.0. The van der Waals surface area contributed by atoms with Crippen LogP contribution in [0.25, 0.3) is 33.4 Å². The highest BCUT2D eigenvalue weighted by atomic mass is 16.6. The van der Waals surface area contributed by atoms with E-state index in [2.05, 4.69) is 38.5 Å². The molecule has 3 aromatic heterocycles. The number of anilines is 2. The van der Waals surface area contributed by atoms with Gasteiger partial charge in [0, 0.05) is 25.2 Å². The van der Waals surface area contributed by atoms with E-state index in [1.807, 2.05) is 21.7 Å². The molecule has 0 spiro atoms. The summed E-state index contributed by atoms with van der Waals surface area (Å²) >= 11 is 0. The molecule has 1 aliphatic rings. The third kappa shape index (κ3) is 15.1. The largest absolute Gasteiger partial charge is 0.465 e. The summed E-state index contributed by atoms with van der Waals surface area (Å²) in [6.07, 6.45) is 1.42. The molecule has 0 saturated heterocycles. The summed E-state index contributed by atoms with van der Waals surface area (Å²) in [5, 5.41) is 16.2. The first-order valence-electron chi connectivity index (χ1n) is 21.0. The number of nitrogens with zero attached hydrogens (tertiary/aromatic N) is 6. The number of oxazole rings is 1. The van der Waals surface area contributed by atoms with Crippen molar-refractivity contribution in [1.82, 2.24) is 34.9 Å². The van der Waals surface area contributed by atoms with Crippen molar-refractivity contribution in [3.05, 3.63) is 59.4 Å². The number of hydrogen-bond donors (Lipinski definition) is 4. The van der Waals surface area contributed by atoms with E-state index < -0.39 is 6.09 Å². The summed E-state index contributed by atoms with van der Waals surface area (Å²) in [6, 6.07) is 12.0. The number of nitrogens with two attached hydrogens (primary N) is 2. The van der Waals surface area contributed by atoms with Crippen LogP contribution in [0.15, 0.2) is 47.1 Å². The van der Waals surface area contributed by atoms with Gasteiger partial charge in [-0.2, -0.15) is 10.1 Å². The highest BCUT2D eigenvalue weighted by Gasteiger charge is 2.22. The van der Waals surface area contributed by atoms with Crippen molar-refractivity contribution in [2.75, 3.05) is 130 Å². The minimum Gasteiger partial charge on any atom is -0.465 e. The van der Waals surface area contributed by atoms with Crippen LogP contribution in [0.3, 0.4) is 0 Å². The van der Waals surface area contributed by atoms with Crippen molar-refractivity contribution in [2.45, 2.75) is 25.9 Å². The van der Waals surface area contributed by atoms with Crippen LogP contribution in [0.5, 0.6) is 0 Å². The van der Waals surface area contributed by atoms with Crippen LogP contribution in [0.1, 0.15) is 23.1 Å². The standard InChI is InChI=1S/C42H57N9O12/c43-39-37-38(32-3-4-35-34(26-32)48-41(44)63-35)49-51(40(37)47-29-46-39)27-30-1-2-33-28-50(8-5-31(33)25-30)36(52)6-9-55-11-13-57-15-17-59-19-21-61-23-24-62-22-20-60-18-16-58-14-12-56-10-7-45-42(53)54/h1-4,25-26,29,45H,5-24,27-28H2,(H2,44,48)(H,53,54)(H2,43,46,47). The summed E-state index contributed by atoms with van der Waals surface area (Å²) in [5.74, 6) is 0.395. The van der Waals surface area contributed by atoms with E-state index in [0.29, 0.717) is 165 Å². The zero-order valence-corrected chi connectivity index (χ0v) is 35.4. The Morgan fingerprint density at radius 3 is 1.95 bits per heavy atom. The van der Waals surface area contributed by atoms with Crippen molar-refractivity contribution in [3.63, 3.8) is 0 Å². The number of aromatic nitrogens is 5. The third-order valence-corrected chi connectivity index (χ3v) is 9.79. The second kappa shape index (κ2) is 25.6. The van der Waals surface area contributed by atoms with Crippen molar-refractivity contribution in [2.24, 2.45) is 0 Å². The molecule has 0 radical (unpaired) electrons. The molecule has 0 unspecified atom stereocenters. The molecule has 1 aliphatic heterocycles. The van der Waals surface area contributed by atoms with Crippen molar-refractivity contribution >= 4 is 46.0 Å². The van der Waals surface area contributed by atoms with Gasteiger partial charge < -0.3 is 69.1 Å². The fraction of sp³-hybridized carbons (Fsp3) is 0.524. The number of carboxylic acid groups (broad SMARTS) is 1. The molecule has 0 saturated carbocycles. The number of fused-ring (bicyclic) bond motifs is 3. The minimum atomic E-state index is -1.07. The topological polar surface area (TPSA) is 265 Å². The van der Waals surface area contributed by atoms with E-state index in [9.17, 15) is 9.59 Å².